The summed E-state index contributed by atoms with van der Waals surface area (Å²) in [7, 11) is 1.45. The second kappa shape index (κ2) is 5.20. The van der Waals surface area contributed by atoms with Gasteiger partial charge in [-0.25, -0.2) is 0 Å². The molecule has 0 aromatic heterocycles. The van der Waals surface area contributed by atoms with Gasteiger partial charge in [0.15, 0.2) is 5.78 Å². The number of carbonyl (C=O) groups is 1. The molecule has 0 saturated heterocycles. The van der Waals surface area contributed by atoms with Crippen LogP contribution in [0.25, 0.3) is 0 Å². The Bertz CT molecular complexity index is 627. The van der Waals surface area contributed by atoms with E-state index in [1.165, 1.54) is 13.2 Å². The van der Waals surface area contributed by atoms with Crippen molar-refractivity contribution in [1.82, 2.24) is 0 Å². The number of halogens is 1. The highest BCUT2D eigenvalue weighted by molar-refractivity contribution is 6.37. The number of ether oxygens (including phenoxy) is 1. The minimum atomic E-state index is -0.253. The van der Waals surface area contributed by atoms with E-state index in [1.807, 2.05) is 6.07 Å². The molecule has 0 saturated carbocycles. The molecule has 2 aromatic rings. The van der Waals surface area contributed by atoms with Gasteiger partial charge in [-0.2, -0.15) is 0 Å². The Kier molecular flexibility index (Phi) is 3.62. The van der Waals surface area contributed by atoms with Crippen LogP contribution in [-0.2, 0) is 0 Å². The first kappa shape index (κ1) is 13.2. The molecule has 0 radical (unpaired) electrons. The van der Waals surface area contributed by atoms with Crippen molar-refractivity contribution in [2.75, 3.05) is 18.6 Å². The molecule has 0 aliphatic heterocycles. The Labute approximate surface area is 115 Å². The number of ketones is 1. The summed E-state index contributed by atoms with van der Waals surface area (Å²) in [5.41, 5.74) is 12.7. The summed E-state index contributed by atoms with van der Waals surface area (Å²) in [4.78, 5) is 12.5. The number of benzene rings is 2. The predicted octanol–water partition coefficient (Wildman–Crippen LogP) is 2.74. The Morgan fingerprint density at radius 2 is 1.84 bits per heavy atom. The van der Waals surface area contributed by atoms with Crippen molar-refractivity contribution in [1.29, 1.82) is 0 Å². The predicted molar refractivity (Wildman–Crippen MR) is 76.7 cm³/mol. The zero-order valence-electron chi connectivity index (χ0n) is 10.3. The summed E-state index contributed by atoms with van der Waals surface area (Å²) < 4.78 is 5.17. The summed E-state index contributed by atoms with van der Waals surface area (Å²) in [6, 6.07) is 10.3. The van der Waals surface area contributed by atoms with Crippen molar-refractivity contribution in [2.24, 2.45) is 0 Å². The first-order valence-electron chi connectivity index (χ1n) is 5.57. The minimum Gasteiger partial charge on any atom is -0.496 e. The van der Waals surface area contributed by atoms with E-state index in [0.29, 0.717) is 11.3 Å². The average molecular weight is 277 g/mol. The molecule has 0 spiro atoms. The van der Waals surface area contributed by atoms with Crippen LogP contribution in [0.2, 0.25) is 5.02 Å². The lowest BCUT2D eigenvalue weighted by molar-refractivity contribution is 0.103. The molecule has 0 aliphatic rings. The molecule has 0 unspecified atom stereocenters. The zero-order chi connectivity index (χ0) is 14.0. The summed E-state index contributed by atoms with van der Waals surface area (Å²) in [5, 5.41) is 0.167. The maximum absolute atomic E-state index is 12.5. The molecule has 4 N–H and O–H groups in total. The SMILES string of the molecule is COc1cc(N)c(Cl)c(N)c1C(=O)c1ccccc1. The third-order valence-corrected chi connectivity index (χ3v) is 3.20. The largest absolute Gasteiger partial charge is 0.496 e. The van der Waals surface area contributed by atoms with E-state index in [-0.39, 0.29) is 27.7 Å². The minimum absolute atomic E-state index is 0.132. The van der Waals surface area contributed by atoms with Crippen LogP contribution in [0.3, 0.4) is 0 Å². The fourth-order valence-electron chi connectivity index (χ4n) is 1.80. The van der Waals surface area contributed by atoms with E-state index < -0.39 is 0 Å². The molecule has 0 atom stereocenters. The molecule has 0 fully saturated rings. The first-order chi connectivity index (χ1) is 9.06. The van der Waals surface area contributed by atoms with Gasteiger partial charge in [-0.1, -0.05) is 41.9 Å². The van der Waals surface area contributed by atoms with Crippen molar-refractivity contribution < 1.29 is 9.53 Å². The van der Waals surface area contributed by atoms with Gasteiger partial charge in [-0.05, 0) is 0 Å². The molecule has 0 bridgehead atoms. The number of anilines is 2. The highest BCUT2D eigenvalue weighted by Crippen LogP contribution is 2.37. The zero-order valence-corrected chi connectivity index (χ0v) is 11.1. The molecule has 5 heteroatoms. The van der Waals surface area contributed by atoms with Gasteiger partial charge < -0.3 is 16.2 Å². The summed E-state index contributed by atoms with van der Waals surface area (Å²) >= 11 is 5.99. The van der Waals surface area contributed by atoms with Crippen LogP contribution in [0.15, 0.2) is 36.4 Å². The number of nitrogen functional groups attached to an aromatic ring is 2. The van der Waals surface area contributed by atoms with Crippen LogP contribution in [0, 0.1) is 0 Å². The number of hydrogen-bond donors (Lipinski definition) is 2. The normalized spacial score (nSPS) is 10.2. The highest BCUT2D eigenvalue weighted by Gasteiger charge is 2.21. The van der Waals surface area contributed by atoms with Gasteiger partial charge in [-0.15, -0.1) is 0 Å². The maximum Gasteiger partial charge on any atom is 0.198 e. The van der Waals surface area contributed by atoms with Gasteiger partial charge in [0.2, 0.25) is 0 Å². The van der Waals surface area contributed by atoms with Crippen molar-refractivity contribution in [3.8, 4) is 5.75 Å². The molecule has 2 rings (SSSR count). The van der Waals surface area contributed by atoms with Gasteiger partial charge in [-0.3, -0.25) is 4.79 Å². The summed E-state index contributed by atoms with van der Waals surface area (Å²) in [6.07, 6.45) is 0. The van der Waals surface area contributed by atoms with Crippen molar-refractivity contribution in [3.05, 3.63) is 52.5 Å². The molecular weight excluding hydrogens is 264 g/mol. The molecular formula is C14H13ClN2O2. The molecule has 0 aliphatic carbocycles. The molecule has 98 valence electrons. The molecule has 0 amide bonds. The lowest BCUT2D eigenvalue weighted by Crippen LogP contribution is -2.09. The van der Waals surface area contributed by atoms with Crippen LogP contribution in [0.4, 0.5) is 11.4 Å². The van der Waals surface area contributed by atoms with E-state index in [2.05, 4.69) is 0 Å². The lowest BCUT2D eigenvalue weighted by atomic mass is 10.00. The fraction of sp³-hybridized carbons (Fsp3) is 0.0714. The number of methoxy groups -OCH3 is 1. The first-order valence-corrected chi connectivity index (χ1v) is 5.95. The van der Waals surface area contributed by atoms with Gasteiger partial charge in [0, 0.05) is 11.6 Å². The highest BCUT2D eigenvalue weighted by atomic mass is 35.5. The topological polar surface area (TPSA) is 78.3 Å². The average Bonchev–Trinajstić information content (AvgIpc) is 2.44. The third-order valence-electron chi connectivity index (χ3n) is 2.78. The van der Waals surface area contributed by atoms with Crippen molar-refractivity contribution >= 4 is 28.8 Å². The lowest BCUT2D eigenvalue weighted by Gasteiger charge is -2.13. The van der Waals surface area contributed by atoms with Crippen LogP contribution in [0.1, 0.15) is 15.9 Å². The second-order valence-electron chi connectivity index (χ2n) is 3.97. The van der Waals surface area contributed by atoms with Crippen LogP contribution < -0.4 is 16.2 Å². The Morgan fingerprint density at radius 1 is 1.21 bits per heavy atom. The van der Waals surface area contributed by atoms with Gasteiger partial charge >= 0.3 is 0 Å². The number of carbonyl (C=O) groups excluding carboxylic acids is 1. The van der Waals surface area contributed by atoms with E-state index in [1.54, 1.807) is 24.3 Å². The van der Waals surface area contributed by atoms with Crippen LogP contribution in [0.5, 0.6) is 5.75 Å². The van der Waals surface area contributed by atoms with Gasteiger partial charge in [0.1, 0.15) is 5.75 Å². The van der Waals surface area contributed by atoms with Crippen LogP contribution >= 0.6 is 11.6 Å². The number of nitrogens with two attached hydrogens (primary N) is 2. The monoisotopic (exact) mass is 276 g/mol. The summed E-state index contributed by atoms with van der Waals surface area (Å²) in [6.45, 7) is 0. The smallest absolute Gasteiger partial charge is 0.198 e. The quantitative estimate of drug-likeness (QED) is 0.667. The Morgan fingerprint density at radius 3 is 2.42 bits per heavy atom. The van der Waals surface area contributed by atoms with E-state index in [4.69, 9.17) is 27.8 Å². The van der Waals surface area contributed by atoms with Crippen molar-refractivity contribution in [3.63, 3.8) is 0 Å². The van der Waals surface area contributed by atoms with Gasteiger partial charge in [0.05, 0.1) is 29.1 Å². The summed E-state index contributed by atoms with van der Waals surface area (Å²) in [5.74, 6) is 0.0603. The van der Waals surface area contributed by atoms with Crippen LogP contribution in [-0.4, -0.2) is 12.9 Å². The standard InChI is InChI=1S/C14H13ClN2O2/c1-19-10-7-9(16)12(15)13(17)11(10)14(18)8-5-3-2-4-6-8/h2-7H,16-17H2,1H3. The number of hydrogen-bond acceptors (Lipinski definition) is 4. The fourth-order valence-corrected chi connectivity index (χ4v) is 1.95. The number of rotatable bonds is 3. The van der Waals surface area contributed by atoms with Gasteiger partial charge in [0.25, 0.3) is 0 Å². The molecule has 0 heterocycles. The van der Waals surface area contributed by atoms with E-state index in [0.717, 1.165) is 0 Å². The van der Waals surface area contributed by atoms with E-state index >= 15 is 0 Å². The Hall–Kier alpha value is -2.20. The Balaban J connectivity index is 2.62. The molecule has 2 aromatic carbocycles. The second-order valence-corrected chi connectivity index (χ2v) is 4.34. The molecule has 4 nitrogen and oxygen atoms in total. The third kappa shape index (κ3) is 2.35. The molecule has 19 heavy (non-hydrogen) atoms. The van der Waals surface area contributed by atoms with E-state index in [9.17, 15) is 4.79 Å². The van der Waals surface area contributed by atoms with Crippen molar-refractivity contribution in [2.45, 2.75) is 0 Å². The maximum atomic E-state index is 12.5.